The number of aliphatic hydroxyl groups excluding tert-OH is 1. The standard InChI is InChI=1S/C14H23N3O2/c1-10(9-18)17(4)14(19)16-13-7-5-6-12(8-13)11(2)15-3/h5-8,10-11,15,18H,9H2,1-4H3,(H,16,19). The van der Waals surface area contributed by atoms with Gasteiger partial charge in [-0.15, -0.1) is 0 Å². The number of amides is 2. The van der Waals surface area contributed by atoms with Crippen molar-refractivity contribution < 1.29 is 9.90 Å². The van der Waals surface area contributed by atoms with Gasteiger partial charge in [0.05, 0.1) is 12.6 Å². The Morgan fingerprint density at radius 3 is 2.68 bits per heavy atom. The maximum absolute atomic E-state index is 12.0. The van der Waals surface area contributed by atoms with Crippen LogP contribution in [-0.2, 0) is 0 Å². The summed E-state index contributed by atoms with van der Waals surface area (Å²) in [4.78, 5) is 13.4. The van der Waals surface area contributed by atoms with Crippen LogP contribution in [0.5, 0.6) is 0 Å². The van der Waals surface area contributed by atoms with Crippen LogP contribution in [-0.4, -0.2) is 42.8 Å². The number of likely N-dealkylation sites (N-methyl/N-ethyl adjacent to an activating group) is 1. The molecule has 2 amide bonds. The molecule has 0 heterocycles. The molecule has 0 spiro atoms. The molecule has 0 aliphatic heterocycles. The molecule has 0 radical (unpaired) electrons. The Balaban J connectivity index is 2.74. The van der Waals surface area contributed by atoms with Gasteiger partial charge in [-0.3, -0.25) is 0 Å². The second kappa shape index (κ2) is 7.11. The molecule has 1 aromatic rings. The predicted molar refractivity (Wildman–Crippen MR) is 77.2 cm³/mol. The molecule has 0 saturated heterocycles. The lowest BCUT2D eigenvalue weighted by molar-refractivity contribution is 0.166. The fraction of sp³-hybridized carbons (Fsp3) is 0.500. The van der Waals surface area contributed by atoms with E-state index in [2.05, 4.69) is 17.6 Å². The van der Waals surface area contributed by atoms with Crippen molar-refractivity contribution in [2.45, 2.75) is 25.9 Å². The van der Waals surface area contributed by atoms with Gasteiger partial charge in [0.15, 0.2) is 0 Å². The van der Waals surface area contributed by atoms with Gasteiger partial charge in [0.2, 0.25) is 0 Å². The molecule has 0 aliphatic rings. The molecule has 0 saturated carbocycles. The molecule has 0 aromatic heterocycles. The van der Waals surface area contributed by atoms with Crippen LogP contribution >= 0.6 is 0 Å². The molecule has 5 nitrogen and oxygen atoms in total. The summed E-state index contributed by atoms with van der Waals surface area (Å²) in [6.45, 7) is 3.79. The first kappa shape index (κ1) is 15.5. The lowest BCUT2D eigenvalue weighted by Crippen LogP contribution is -2.40. The first-order chi connectivity index (χ1) is 8.99. The van der Waals surface area contributed by atoms with Gasteiger partial charge in [-0.1, -0.05) is 12.1 Å². The van der Waals surface area contributed by atoms with Gasteiger partial charge >= 0.3 is 6.03 Å². The van der Waals surface area contributed by atoms with Crippen molar-refractivity contribution in [2.75, 3.05) is 26.0 Å². The normalized spacial score (nSPS) is 13.7. The first-order valence-electron chi connectivity index (χ1n) is 6.41. The maximum atomic E-state index is 12.0. The molecule has 0 aliphatic carbocycles. The number of hydrogen-bond donors (Lipinski definition) is 3. The van der Waals surface area contributed by atoms with Gasteiger partial charge in [0.1, 0.15) is 0 Å². The number of nitrogens with zero attached hydrogens (tertiary/aromatic N) is 1. The lowest BCUT2D eigenvalue weighted by atomic mass is 10.1. The van der Waals surface area contributed by atoms with Crippen molar-refractivity contribution in [3.05, 3.63) is 29.8 Å². The topological polar surface area (TPSA) is 64.6 Å². The van der Waals surface area contributed by atoms with Crippen LogP contribution in [0.15, 0.2) is 24.3 Å². The van der Waals surface area contributed by atoms with Crippen molar-refractivity contribution in [1.82, 2.24) is 10.2 Å². The fourth-order valence-corrected chi connectivity index (χ4v) is 1.59. The maximum Gasteiger partial charge on any atom is 0.321 e. The van der Waals surface area contributed by atoms with E-state index in [4.69, 9.17) is 5.11 Å². The van der Waals surface area contributed by atoms with Crippen molar-refractivity contribution >= 4 is 11.7 Å². The molecule has 1 rings (SSSR count). The average molecular weight is 265 g/mol. The Kier molecular flexibility index (Phi) is 5.79. The SMILES string of the molecule is CNC(C)c1cccc(NC(=O)N(C)C(C)CO)c1. The van der Waals surface area contributed by atoms with E-state index in [1.165, 1.54) is 4.90 Å². The summed E-state index contributed by atoms with van der Waals surface area (Å²) < 4.78 is 0. The molecule has 106 valence electrons. The van der Waals surface area contributed by atoms with E-state index in [0.29, 0.717) is 0 Å². The van der Waals surface area contributed by atoms with Crippen molar-refractivity contribution in [2.24, 2.45) is 0 Å². The van der Waals surface area contributed by atoms with Crippen LogP contribution in [0, 0.1) is 0 Å². The predicted octanol–water partition coefficient (Wildman–Crippen LogP) is 1.81. The Morgan fingerprint density at radius 2 is 2.11 bits per heavy atom. The Labute approximate surface area is 114 Å². The van der Waals surface area contributed by atoms with Crippen molar-refractivity contribution in [3.63, 3.8) is 0 Å². The molecule has 2 unspecified atom stereocenters. The number of aliphatic hydroxyl groups is 1. The van der Waals surface area contributed by atoms with Gasteiger partial charge < -0.3 is 20.6 Å². The third-order valence-corrected chi connectivity index (χ3v) is 3.32. The summed E-state index contributed by atoms with van der Waals surface area (Å²) in [5.74, 6) is 0. The van der Waals surface area contributed by atoms with Gasteiger partial charge in [0, 0.05) is 18.8 Å². The van der Waals surface area contributed by atoms with Gasteiger partial charge in [-0.25, -0.2) is 4.79 Å². The molecule has 0 bridgehead atoms. The highest BCUT2D eigenvalue weighted by Crippen LogP contribution is 2.17. The largest absolute Gasteiger partial charge is 0.394 e. The average Bonchev–Trinajstić information content (AvgIpc) is 2.44. The zero-order valence-corrected chi connectivity index (χ0v) is 12.0. The number of urea groups is 1. The number of nitrogens with one attached hydrogen (secondary N) is 2. The van der Waals surface area contributed by atoms with E-state index in [1.807, 2.05) is 31.3 Å². The van der Waals surface area contributed by atoms with Crippen LogP contribution in [0.1, 0.15) is 25.5 Å². The van der Waals surface area contributed by atoms with Crippen molar-refractivity contribution in [3.8, 4) is 0 Å². The third kappa shape index (κ3) is 4.22. The minimum Gasteiger partial charge on any atom is -0.394 e. The number of carbonyl (C=O) groups excluding carboxylic acids is 1. The molecule has 2 atom stereocenters. The smallest absolute Gasteiger partial charge is 0.321 e. The Hall–Kier alpha value is -1.59. The molecule has 0 fully saturated rings. The number of carbonyl (C=O) groups is 1. The number of hydrogen-bond acceptors (Lipinski definition) is 3. The lowest BCUT2D eigenvalue weighted by Gasteiger charge is -2.23. The van der Waals surface area contributed by atoms with Crippen LogP contribution in [0.3, 0.4) is 0 Å². The van der Waals surface area contributed by atoms with E-state index < -0.39 is 0 Å². The zero-order chi connectivity index (χ0) is 14.4. The minimum atomic E-state index is -0.226. The molecule has 1 aromatic carbocycles. The molecular weight excluding hydrogens is 242 g/mol. The molecule has 5 heteroatoms. The Bertz CT molecular complexity index is 423. The highest BCUT2D eigenvalue weighted by molar-refractivity contribution is 5.89. The van der Waals surface area contributed by atoms with Crippen molar-refractivity contribution in [1.29, 1.82) is 0 Å². The van der Waals surface area contributed by atoms with E-state index >= 15 is 0 Å². The first-order valence-corrected chi connectivity index (χ1v) is 6.41. The van der Waals surface area contributed by atoms with Crippen LogP contribution < -0.4 is 10.6 Å². The van der Waals surface area contributed by atoms with Crippen LogP contribution in [0.25, 0.3) is 0 Å². The molecular formula is C14H23N3O2. The van der Waals surface area contributed by atoms with Gasteiger partial charge in [-0.05, 0) is 38.6 Å². The summed E-state index contributed by atoms with van der Waals surface area (Å²) in [6, 6.07) is 7.50. The van der Waals surface area contributed by atoms with Crippen LogP contribution in [0.4, 0.5) is 10.5 Å². The quantitative estimate of drug-likeness (QED) is 0.761. The number of rotatable bonds is 5. The van der Waals surface area contributed by atoms with Gasteiger partial charge in [-0.2, -0.15) is 0 Å². The van der Waals surface area contributed by atoms with Crippen LogP contribution in [0.2, 0.25) is 0 Å². The molecule has 3 N–H and O–H groups in total. The second-order valence-corrected chi connectivity index (χ2v) is 4.71. The highest BCUT2D eigenvalue weighted by Gasteiger charge is 2.15. The van der Waals surface area contributed by atoms with E-state index in [1.54, 1.807) is 14.0 Å². The summed E-state index contributed by atoms with van der Waals surface area (Å²) in [5, 5.41) is 15.0. The summed E-state index contributed by atoms with van der Waals surface area (Å²) in [6.07, 6.45) is 0. The second-order valence-electron chi connectivity index (χ2n) is 4.71. The molecule has 19 heavy (non-hydrogen) atoms. The highest BCUT2D eigenvalue weighted by atomic mass is 16.3. The number of benzene rings is 1. The zero-order valence-electron chi connectivity index (χ0n) is 12.0. The van der Waals surface area contributed by atoms with E-state index in [0.717, 1.165) is 11.3 Å². The fourth-order valence-electron chi connectivity index (χ4n) is 1.59. The van der Waals surface area contributed by atoms with E-state index in [-0.39, 0.29) is 24.7 Å². The third-order valence-electron chi connectivity index (χ3n) is 3.32. The summed E-state index contributed by atoms with van der Waals surface area (Å²) in [5.41, 5.74) is 1.86. The Morgan fingerprint density at radius 1 is 1.42 bits per heavy atom. The monoisotopic (exact) mass is 265 g/mol. The van der Waals surface area contributed by atoms with Gasteiger partial charge in [0.25, 0.3) is 0 Å². The summed E-state index contributed by atoms with van der Waals surface area (Å²) in [7, 11) is 3.56. The number of anilines is 1. The van der Waals surface area contributed by atoms with E-state index in [9.17, 15) is 4.79 Å². The summed E-state index contributed by atoms with van der Waals surface area (Å²) >= 11 is 0. The minimum absolute atomic E-state index is 0.0548.